The fraction of sp³-hybridized carbons (Fsp3) is 0.235. The number of carbonyl (C=O) groups is 1. The van der Waals surface area contributed by atoms with Crippen molar-refractivity contribution in [3.63, 3.8) is 0 Å². The second-order valence-corrected chi connectivity index (χ2v) is 5.02. The van der Waals surface area contributed by atoms with Crippen LogP contribution in [0.1, 0.15) is 13.3 Å². The minimum atomic E-state index is -0.850. The van der Waals surface area contributed by atoms with Crippen LogP contribution in [0.15, 0.2) is 42.5 Å². The molecule has 0 radical (unpaired) electrons. The number of ether oxygens (including phenoxy) is 1. The van der Waals surface area contributed by atoms with Crippen LogP contribution in [0.2, 0.25) is 0 Å². The van der Waals surface area contributed by atoms with Crippen molar-refractivity contribution in [1.29, 1.82) is 0 Å². The highest BCUT2D eigenvalue weighted by Crippen LogP contribution is 2.31. The Kier molecular flexibility index (Phi) is 3.52. The number of nitrogens with zero attached hydrogens (tertiary/aromatic N) is 1. The van der Waals surface area contributed by atoms with Crippen molar-refractivity contribution in [2.24, 2.45) is 0 Å². The Morgan fingerprint density at radius 1 is 1.14 bits per heavy atom. The molecule has 4 nitrogen and oxygen atoms in total. The van der Waals surface area contributed by atoms with Crippen molar-refractivity contribution >= 4 is 27.8 Å². The van der Waals surface area contributed by atoms with Crippen LogP contribution in [-0.4, -0.2) is 22.2 Å². The highest BCUT2D eigenvalue weighted by molar-refractivity contribution is 6.08. The van der Waals surface area contributed by atoms with E-state index >= 15 is 0 Å². The van der Waals surface area contributed by atoms with E-state index in [1.807, 2.05) is 47.0 Å². The molecule has 0 atom stereocenters. The van der Waals surface area contributed by atoms with Crippen molar-refractivity contribution < 1.29 is 14.6 Å². The van der Waals surface area contributed by atoms with Crippen molar-refractivity contribution in [2.45, 2.75) is 19.9 Å². The van der Waals surface area contributed by atoms with Crippen LogP contribution in [-0.2, 0) is 11.3 Å². The molecule has 0 amide bonds. The number of fused-ring (bicyclic) bond motifs is 3. The van der Waals surface area contributed by atoms with Crippen LogP contribution in [0, 0.1) is 0 Å². The highest BCUT2D eigenvalue weighted by atomic mass is 16.5. The largest absolute Gasteiger partial charge is 0.494 e. The molecule has 0 unspecified atom stereocenters. The fourth-order valence-corrected chi connectivity index (χ4v) is 2.64. The first-order chi connectivity index (χ1) is 10.2. The summed E-state index contributed by atoms with van der Waals surface area (Å²) in [6, 6.07) is 13.7. The molecule has 0 aliphatic heterocycles. The van der Waals surface area contributed by atoms with E-state index in [9.17, 15) is 4.79 Å². The summed E-state index contributed by atoms with van der Waals surface area (Å²) in [5.41, 5.74) is 1.83. The van der Waals surface area contributed by atoms with Gasteiger partial charge in [0.15, 0.2) is 0 Å². The molecule has 0 aliphatic carbocycles. The first-order valence-electron chi connectivity index (χ1n) is 7.06. The Morgan fingerprint density at radius 2 is 1.90 bits per heavy atom. The predicted octanol–water partition coefficient (Wildman–Crippen LogP) is 3.67. The van der Waals surface area contributed by atoms with E-state index < -0.39 is 5.97 Å². The third-order valence-corrected chi connectivity index (χ3v) is 3.51. The van der Waals surface area contributed by atoms with Crippen molar-refractivity contribution in [3.8, 4) is 5.75 Å². The molecule has 3 rings (SSSR count). The van der Waals surface area contributed by atoms with E-state index in [4.69, 9.17) is 9.84 Å². The lowest BCUT2D eigenvalue weighted by Gasteiger charge is -2.07. The third-order valence-electron chi connectivity index (χ3n) is 3.51. The van der Waals surface area contributed by atoms with Gasteiger partial charge in [-0.1, -0.05) is 25.1 Å². The maximum absolute atomic E-state index is 11.2. The minimum Gasteiger partial charge on any atom is -0.494 e. The van der Waals surface area contributed by atoms with Gasteiger partial charge in [-0.05, 0) is 24.6 Å². The number of carboxylic acids is 1. The summed E-state index contributed by atoms with van der Waals surface area (Å²) in [7, 11) is 0. The number of carboxylic acid groups (broad SMARTS) is 1. The number of aliphatic carboxylic acids is 1. The number of hydrogen-bond acceptors (Lipinski definition) is 2. The van der Waals surface area contributed by atoms with Gasteiger partial charge < -0.3 is 14.4 Å². The zero-order valence-electron chi connectivity index (χ0n) is 11.9. The van der Waals surface area contributed by atoms with E-state index in [2.05, 4.69) is 6.92 Å². The Balaban J connectivity index is 2.23. The first kappa shape index (κ1) is 13.5. The molecule has 0 saturated heterocycles. The predicted molar refractivity (Wildman–Crippen MR) is 82.9 cm³/mol. The molecular formula is C17H17NO3. The van der Waals surface area contributed by atoms with Crippen molar-refractivity contribution in [3.05, 3.63) is 42.5 Å². The molecule has 1 aromatic heterocycles. The first-order valence-corrected chi connectivity index (χ1v) is 7.06. The second-order valence-electron chi connectivity index (χ2n) is 5.02. The van der Waals surface area contributed by atoms with Gasteiger partial charge >= 0.3 is 5.97 Å². The molecule has 21 heavy (non-hydrogen) atoms. The topological polar surface area (TPSA) is 51.5 Å². The Hall–Kier alpha value is -2.49. The lowest BCUT2D eigenvalue weighted by Crippen LogP contribution is -2.08. The Morgan fingerprint density at radius 3 is 2.67 bits per heavy atom. The molecular weight excluding hydrogens is 266 g/mol. The van der Waals surface area contributed by atoms with E-state index in [1.165, 1.54) is 0 Å². The molecule has 3 aromatic rings. The molecule has 0 spiro atoms. The number of aromatic nitrogens is 1. The quantitative estimate of drug-likeness (QED) is 0.777. The van der Waals surface area contributed by atoms with Gasteiger partial charge in [-0.15, -0.1) is 0 Å². The van der Waals surface area contributed by atoms with Crippen LogP contribution < -0.4 is 4.74 Å². The van der Waals surface area contributed by atoms with E-state index in [1.54, 1.807) is 0 Å². The molecule has 1 heterocycles. The standard InChI is InChI=1S/C17H17NO3/c1-2-9-21-12-7-8-14-13-5-3-4-6-15(13)18(11-17(19)20)16(14)10-12/h3-8,10H,2,9,11H2,1H3,(H,19,20). The minimum absolute atomic E-state index is 0.0543. The zero-order chi connectivity index (χ0) is 14.8. The summed E-state index contributed by atoms with van der Waals surface area (Å²) in [6.07, 6.45) is 0.941. The van der Waals surface area contributed by atoms with Crippen molar-refractivity contribution in [1.82, 2.24) is 4.57 Å². The third kappa shape index (κ3) is 2.44. The molecule has 4 heteroatoms. The normalized spacial score (nSPS) is 11.1. The molecule has 1 N–H and O–H groups in total. The lowest BCUT2D eigenvalue weighted by molar-refractivity contribution is -0.137. The second kappa shape index (κ2) is 5.48. The van der Waals surface area contributed by atoms with Gasteiger partial charge in [0.25, 0.3) is 0 Å². The van der Waals surface area contributed by atoms with Crippen LogP contribution in [0.25, 0.3) is 21.8 Å². The number of hydrogen-bond donors (Lipinski definition) is 1. The number of para-hydroxylation sites is 1. The average molecular weight is 283 g/mol. The van der Waals surface area contributed by atoms with E-state index in [0.29, 0.717) is 6.61 Å². The fourth-order valence-electron chi connectivity index (χ4n) is 2.64. The summed E-state index contributed by atoms with van der Waals surface area (Å²) in [5, 5.41) is 11.3. The van der Waals surface area contributed by atoms with Gasteiger partial charge in [0.2, 0.25) is 0 Å². The zero-order valence-corrected chi connectivity index (χ0v) is 11.9. The highest BCUT2D eigenvalue weighted by Gasteiger charge is 2.13. The van der Waals surface area contributed by atoms with Crippen LogP contribution >= 0.6 is 0 Å². The van der Waals surface area contributed by atoms with Gasteiger partial charge in [-0.3, -0.25) is 4.79 Å². The van der Waals surface area contributed by atoms with Gasteiger partial charge in [-0.25, -0.2) is 0 Å². The van der Waals surface area contributed by atoms with E-state index in [-0.39, 0.29) is 6.54 Å². The summed E-state index contributed by atoms with van der Waals surface area (Å²) >= 11 is 0. The van der Waals surface area contributed by atoms with Crippen molar-refractivity contribution in [2.75, 3.05) is 6.61 Å². The van der Waals surface area contributed by atoms with Gasteiger partial charge in [0, 0.05) is 22.4 Å². The summed E-state index contributed by atoms with van der Waals surface area (Å²) in [4.78, 5) is 11.2. The smallest absolute Gasteiger partial charge is 0.323 e. The Bertz CT molecular complexity index is 804. The van der Waals surface area contributed by atoms with Gasteiger partial charge in [-0.2, -0.15) is 0 Å². The van der Waals surface area contributed by atoms with Gasteiger partial charge in [0.05, 0.1) is 12.1 Å². The molecule has 0 aliphatic rings. The van der Waals surface area contributed by atoms with Gasteiger partial charge in [0.1, 0.15) is 12.3 Å². The average Bonchev–Trinajstić information content (AvgIpc) is 2.79. The molecule has 108 valence electrons. The Labute approximate surface area is 122 Å². The van der Waals surface area contributed by atoms with E-state index in [0.717, 1.165) is 34.0 Å². The number of rotatable bonds is 5. The maximum atomic E-state index is 11.2. The lowest BCUT2D eigenvalue weighted by atomic mass is 10.1. The summed E-state index contributed by atoms with van der Waals surface area (Å²) in [5.74, 6) is -0.0728. The molecule has 0 saturated carbocycles. The SMILES string of the molecule is CCCOc1ccc2c3ccccc3n(CC(=O)O)c2c1. The summed E-state index contributed by atoms with van der Waals surface area (Å²) < 4.78 is 7.48. The van der Waals surface area contributed by atoms with Crippen LogP contribution in [0.3, 0.4) is 0 Å². The summed E-state index contributed by atoms with van der Waals surface area (Å²) in [6.45, 7) is 2.66. The monoisotopic (exact) mass is 283 g/mol. The maximum Gasteiger partial charge on any atom is 0.323 e. The molecule has 0 fully saturated rings. The molecule has 0 bridgehead atoms. The van der Waals surface area contributed by atoms with Crippen LogP contribution in [0.4, 0.5) is 0 Å². The number of benzene rings is 2. The van der Waals surface area contributed by atoms with Crippen LogP contribution in [0.5, 0.6) is 5.75 Å². The molecule has 2 aromatic carbocycles.